The Bertz CT molecular complexity index is 611. The normalized spacial score (nSPS) is 16.3. The molecule has 1 aliphatic heterocycles. The third kappa shape index (κ3) is 5.18. The molecule has 1 aromatic rings. The van der Waals surface area contributed by atoms with Crippen LogP contribution in [0.25, 0.3) is 0 Å². The maximum atomic E-state index is 12.6. The summed E-state index contributed by atoms with van der Waals surface area (Å²) >= 11 is 0. The van der Waals surface area contributed by atoms with Gasteiger partial charge in [-0.3, -0.25) is 14.6 Å². The van der Waals surface area contributed by atoms with Crippen LogP contribution in [0.5, 0.6) is 0 Å². The summed E-state index contributed by atoms with van der Waals surface area (Å²) in [5, 5.41) is 13.2. The van der Waals surface area contributed by atoms with Crippen molar-refractivity contribution in [2.24, 2.45) is 0 Å². The van der Waals surface area contributed by atoms with Crippen LogP contribution in [0, 0.1) is 0 Å². The number of aliphatic hydroxyl groups excluding tert-OH is 1. The largest absolute Gasteiger partial charge is 0.374 e. The molecule has 0 saturated carbocycles. The first-order valence-electron chi connectivity index (χ1n) is 8.22. The lowest BCUT2D eigenvalue weighted by atomic mass is 9.98. The Morgan fingerprint density at radius 3 is 2.71 bits per heavy atom. The van der Waals surface area contributed by atoms with Crippen LogP contribution in [-0.4, -0.2) is 41.2 Å². The number of aliphatic hydroxyl groups is 1. The van der Waals surface area contributed by atoms with Crippen LogP contribution in [0.4, 0.5) is 0 Å². The number of carbonyl (C=O) groups excluding carboxylic acids is 2. The zero-order valence-corrected chi connectivity index (χ0v) is 14.2. The van der Waals surface area contributed by atoms with E-state index in [9.17, 15) is 14.7 Å². The van der Waals surface area contributed by atoms with Crippen LogP contribution >= 0.6 is 0 Å². The number of amides is 2. The Hall–Kier alpha value is -2.18. The van der Waals surface area contributed by atoms with Gasteiger partial charge >= 0.3 is 0 Å². The van der Waals surface area contributed by atoms with Gasteiger partial charge < -0.3 is 10.4 Å². The summed E-state index contributed by atoms with van der Waals surface area (Å²) in [4.78, 5) is 24.4. The number of hydrazine groups is 1. The molecule has 1 atom stereocenters. The lowest BCUT2D eigenvalue weighted by Crippen LogP contribution is -2.48. The predicted molar refractivity (Wildman–Crippen MR) is 91.6 cm³/mol. The fraction of sp³-hybridized carbons (Fsp3) is 0.444. The minimum absolute atomic E-state index is 0.00751. The second-order valence-corrected chi connectivity index (χ2v) is 6.03. The number of carbonyl (C=O) groups is 2. The smallest absolute Gasteiger partial charge is 0.264 e. The molecule has 2 amide bonds. The Morgan fingerprint density at radius 2 is 2.04 bits per heavy atom. The minimum Gasteiger partial charge on any atom is -0.374 e. The highest BCUT2D eigenvalue weighted by molar-refractivity contribution is 5.99. The zero-order chi connectivity index (χ0) is 17.5. The SMILES string of the molecule is CC1=C(CC(=O)NC(C)O)C(=O)N(NCCc2ccccc2)CC1. The van der Waals surface area contributed by atoms with Crippen LogP contribution in [0.1, 0.15) is 32.3 Å². The molecule has 0 spiro atoms. The summed E-state index contributed by atoms with van der Waals surface area (Å²) in [6, 6.07) is 10.1. The average molecular weight is 331 g/mol. The predicted octanol–water partition coefficient (Wildman–Crippen LogP) is 1.13. The Kier molecular flexibility index (Phi) is 6.52. The number of benzene rings is 1. The van der Waals surface area contributed by atoms with Crippen LogP contribution < -0.4 is 10.7 Å². The second kappa shape index (κ2) is 8.61. The number of hydrogen-bond acceptors (Lipinski definition) is 4. The van der Waals surface area contributed by atoms with Crippen molar-refractivity contribution in [1.29, 1.82) is 0 Å². The molecule has 1 unspecified atom stereocenters. The Labute approximate surface area is 142 Å². The first-order chi connectivity index (χ1) is 11.5. The summed E-state index contributed by atoms with van der Waals surface area (Å²) in [5.74, 6) is -0.508. The monoisotopic (exact) mass is 331 g/mol. The summed E-state index contributed by atoms with van der Waals surface area (Å²) in [5.41, 5.74) is 5.80. The van der Waals surface area contributed by atoms with E-state index >= 15 is 0 Å². The van der Waals surface area contributed by atoms with Crippen molar-refractivity contribution < 1.29 is 14.7 Å². The van der Waals surface area contributed by atoms with Gasteiger partial charge in [-0.05, 0) is 32.3 Å². The highest BCUT2D eigenvalue weighted by Crippen LogP contribution is 2.20. The molecule has 3 N–H and O–H groups in total. The molecule has 24 heavy (non-hydrogen) atoms. The van der Waals surface area contributed by atoms with Crippen LogP contribution in [-0.2, 0) is 16.0 Å². The summed E-state index contributed by atoms with van der Waals surface area (Å²) in [6.07, 6.45) is 0.635. The molecule has 1 aromatic carbocycles. The number of rotatable bonds is 7. The molecule has 0 aromatic heterocycles. The summed E-state index contributed by atoms with van der Waals surface area (Å²) in [6.45, 7) is 4.60. The van der Waals surface area contributed by atoms with Gasteiger partial charge in [0.15, 0.2) is 0 Å². The molecular weight excluding hydrogens is 306 g/mol. The van der Waals surface area contributed by atoms with E-state index in [0.717, 1.165) is 18.4 Å². The fourth-order valence-corrected chi connectivity index (χ4v) is 2.68. The van der Waals surface area contributed by atoms with Crippen molar-refractivity contribution in [1.82, 2.24) is 15.8 Å². The van der Waals surface area contributed by atoms with Crippen LogP contribution in [0.3, 0.4) is 0 Å². The minimum atomic E-state index is -0.919. The summed E-state index contributed by atoms with van der Waals surface area (Å²) < 4.78 is 0. The first-order valence-corrected chi connectivity index (χ1v) is 8.22. The Morgan fingerprint density at radius 1 is 1.33 bits per heavy atom. The fourth-order valence-electron chi connectivity index (χ4n) is 2.68. The van der Waals surface area contributed by atoms with E-state index in [1.165, 1.54) is 12.5 Å². The maximum Gasteiger partial charge on any atom is 0.264 e. The van der Waals surface area contributed by atoms with Gasteiger partial charge in [-0.15, -0.1) is 0 Å². The van der Waals surface area contributed by atoms with Crippen molar-refractivity contribution in [2.75, 3.05) is 13.1 Å². The molecule has 0 fully saturated rings. The molecular formula is C18H25N3O3. The van der Waals surface area contributed by atoms with E-state index in [1.807, 2.05) is 25.1 Å². The summed E-state index contributed by atoms with van der Waals surface area (Å²) in [7, 11) is 0. The van der Waals surface area contributed by atoms with Gasteiger partial charge in [-0.2, -0.15) is 0 Å². The zero-order valence-electron chi connectivity index (χ0n) is 14.2. The highest BCUT2D eigenvalue weighted by Gasteiger charge is 2.26. The lowest BCUT2D eigenvalue weighted by molar-refractivity contribution is -0.133. The number of hydrogen-bond donors (Lipinski definition) is 3. The van der Waals surface area contributed by atoms with Crippen LogP contribution in [0.15, 0.2) is 41.5 Å². The van der Waals surface area contributed by atoms with Gasteiger partial charge in [0, 0.05) is 18.7 Å². The van der Waals surface area contributed by atoms with Gasteiger partial charge in [0.05, 0.1) is 6.42 Å². The van der Waals surface area contributed by atoms with Gasteiger partial charge in [0.25, 0.3) is 5.91 Å². The molecule has 0 radical (unpaired) electrons. The average Bonchev–Trinajstić information content (AvgIpc) is 2.54. The Balaban J connectivity index is 1.89. The third-order valence-electron chi connectivity index (χ3n) is 4.00. The topological polar surface area (TPSA) is 81.7 Å². The van der Waals surface area contributed by atoms with E-state index in [0.29, 0.717) is 18.7 Å². The van der Waals surface area contributed by atoms with Gasteiger partial charge in [0.1, 0.15) is 6.23 Å². The maximum absolute atomic E-state index is 12.6. The highest BCUT2D eigenvalue weighted by atomic mass is 16.3. The van der Waals surface area contributed by atoms with Crippen molar-refractivity contribution in [3.05, 3.63) is 47.0 Å². The molecule has 2 rings (SSSR count). The molecule has 6 nitrogen and oxygen atoms in total. The van der Waals surface area contributed by atoms with Crippen LogP contribution in [0.2, 0.25) is 0 Å². The standard InChI is InChI=1S/C18H25N3O3/c1-13-9-11-21(19-10-8-15-6-4-3-5-7-15)18(24)16(13)12-17(23)20-14(2)22/h3-7,14,19,22H,8-12H2,1-2H3,(H,20,23). The van der Waals surface area contributed by atoms with Crippen molar-refractivity contribution in [3.63, 3.8) is 0 Å². The second-order valence-electron chi connectivity index (χ2n) is 6.03. The van der Waals surface area contributed by atoms with Gasteiger partial charge in [-0.25, -0.2) is 5.43 Å². The molecule has 130 valence electrons. The van der Waals surface area contributed by atoms with Gasteiger partial charge in [-0.1, -0.05) is 35.9 Å². The number of nitrogens with zero attached hydrogens (tertiary/aromatic N) is 1. The van der Waals surface area contributed by atoms with Crippen molar-refractivity contribution in [3.8, 4) is 0 Å². The van der Waals surface area contributed by atoms with Crippen molar-refractivity contribution >= 4 is 11.8 Å². The quantitative estimate of drug-likeness (QED) is 0.654. The molecule has 6 heteroatoms. The number of nitrogens with one attached hydrogen (secondary N) is 2. The molecule has 0 aliphatic carbocycles. The van der Waals surface area contributed by atoms with E-state index < -0.39 is 6.23 Å². The lowest BCUT2D eigenvalue weighted by Gasteiger charge is -2.30. The van der Waals surface area contributed by atoms with Gasteiger partial charge in [0.2, 0.25) is 5.91 Å². The van der Waals surface area contributed by atoms with E-state index in [-0.39, 0.29) is 18.2 Å². The third-order valence-corrected chi connectivity index (χ3v) is 4.00. The van der Waals surface area contributed by atoms with E-state index in [2.05, 4.69) is 22.9 Å². The molecule has 0 bridgehead atoms. The molecule has 0 saturated heterocycles. The van der Waals surface area contributed by atoms with E-state index in [1.54, 1.807) is 5.01 Å². The van der Waals surface area contributed by atoms with E-state index in [4.69, 9.17) is 0 Å². The first kappa shape index (κ1) is 18.2. The molecule has 1 heterocycles. The van der Waals surface area contributed by atoms with Crippen molar-refractivity contribution in [2.45, 2.75) is 39.3 Å². The molecule has 1 aliphatic rings.